The third kappa shape index (κ3) is 14.5. The SMILES string of the molecule is CC(=O)O[C@H]1[C@@H](OCc2ccccc2)[C@@H](CO[Si](c2ccccc2)(c2ccccc2)C(C)(C)C)O[C@@H](O[C@H]2[C@H](OCc3ccccc3)[C@@H](OCc3ccccc3)[C@@H](O)O[C@@H]2COCc2ccccc2)[C@@H]1OCc1ccccc1. The molecule has 10 atom stereocenters. The Bertz CT molecular complexity index is 2790. The molecule has 9 rings (SSSR count). The first kappa shape index (κ1) is 56.5. The fourth-order valence-corrected chi connectivity index (χ4v) is 15.0. The number of benzene rings is 7. The van der Waals surface area contributed by atoms with Gasteiger partial charge < -0.3 is 52.2 Å². The smallest absolute Gasteiger partial charge is 0.303 e. The van der Waals surface area contributed by atoms with Crippen LogP contribution < -0.4 is 10.4 Å². The molecule has 2 aliphatic heterocycles. The van der Waals surface area contributed by atoms with E-state index in [4.69, 9.17) is 47.1 Å². The van der Waals surface area contributed by atoms with Gasteiger partial charge in [-0.25, -0.2) is 0 Å². The maximum atomic E-state index is 13.7. The van der Waals surface area contributed by atoms with Gasteiger partial charge in [-0.2, -0.15) is 0 Å². The van der Waals surface area contributed by atoms with Gasteiger partial charge in [0.1, 0.15) is 42.7 Å². The largest absolute Gasteiger partial charge is 0.457 e. The van der Waals surface area contributed by atoms with E-state index in [9.17, 15) is 9.90 Å². The number of esters is 1. The molecule has 12 nitrogen and oxygen atoms in total. The van der Waals surface area contributed by atoms with Crippen LogP contribution in [-0.2, 0) is 84.9 Å². The molecule has 7 aromatic rings. The minimum absolute atomic E-state index is 0.00396. The lowest BCUT2D eigenvalue weighted by molar-refractivity contribution is -0.370. The number of aliphatic hydroxyl groups is 1. The summed E-state index contributed by atoms with van der Waals surface area (Å²) in [6, 6.07) is 69.6. The van der Waals surface area contributed by atoms with Crippen LogP contribution in [0.1, 0.15) is 55.5 Å². The maximum absolute atomic E-state index is 13.7. The van der Waals surface area contributed by atoms with E-state index in [1.165, 1.54) is 6.92 Å². The molecule has 0 aromatic heterocycles. The lowest BCUT2D eigenvalue weighted by Crippen LogP contribution is -2.69. The van der Waals surface area contributed by atoms with Crippen molar-refractivity contribution in [1.29, 1.82) is 0 Å². The quantitative estimate of drug-likeness (QED) is 0.0457. The molecule has 0 saturated carbocycles. The molecule has 0 aliphatic carbocycles. The normalized spacial score (nSPS) is 23.6. The molecule has 7 aromatic carbocycles. The first-order chi connectivity index (χ1) is 38.1. The number of carbonyl (C=O) groups excluding carboxylic acids is 1. The lowest BCUT2D eigenvalue weighted by Gasteiger charge is -2.50. The Balaban J connectivity index is 1.15. The zero-order chi connectivity index (χ0) is 54.2. The van der Waals surface area contributed by atoms with Gasteiger partial charge in [-0.05, 0) is 43.2 Å². The Morgan fingerprint density at radius 2 is 0.821 bits per heavy atom. The summed E-state index contributed by atoms with van der Waals surface area (Å²) in [5.41, 5.74) is 4.50. The maximum Gasteiger partial charge on any atom is 0.303 e. The summed E-state index contributed by atoms with van der Waals surface area (Å²) >= 11 is 0. The van der Waals surface area contributed by atoms with Crippen LogP contribution in [0.3, 0.4) is 0 Å². The second-order valence-corrected chi connectivity index (χ2v) is 25.1. The third-order valence-corrected chi connectivity index (χ3v) is 19.2. The summed E-state index contributed by atoms with van der Waals surface area (Å²) in [6.07, 6.45) is -11.0. The zero-order valence-corrected chi connectivity index (χ0v) is 45.9. The van der Waals surface area contributed by atoms with Crippen LogP contribution in [0.5, 0.6) is 0 Å². The summed E-state index contributed by atoms with van der Waals surface area (Å²) in [5, 5.41) is 13.8. The van der Waals surface area contributed by atoms with Gasteiger partial charge in [-0.1, -0.05) is 233 Å². The molecule has 0 bridgehead atoms. The van der Waals surface area contributed by atoms with Crippen molar-refractivity contribution in [3.8, 4) is 0 Å². The highest BCUT2D eigenvalue weighted by Gasteiger charge is 2.57. The van der Waals surface area contributed by atoms with Crippen LogP contribution in [0.2, 0.25) is 5.04 Å². The van der Waals surface area contributed by atoms with Crippen LogP contribution in [-0.4, -0.2) is 94.0 Å². The average Bonchev–Trinajstić information content (AvgIpc) is 3.62. The number of carbonyl (C=O) groups is 1. The molecule has 0 unspecified atom stereocenters. The second-order valence-electron chi connectivity index (χ2n) is 20.8. The van der Waals surface area contributed by atoms with Gasteiger partial charge in [0.05, 0.1) is 46.2 Å². The monoisotopic (exact) mass is 1070 g/mol. The minimum atomic E-state index is -3.22. The highest BCUT2D eigenvalue weighted by atomic mass is 28.4. The first-order valence-corrected chi connectivity index (χ1v) is 28.8. The van der Waals surface area contributed by atoms with Crippen LogP contribution in [0, 0.1) is 0 Å². The molecule has 2 heterocycles. The first-order valence-electron chi connectivity index (χ1n) is 26.9. The Kier molecular flexibility index (Phi) is 20.0. The summed E-state index contributed by atoms with van der Waals surface area (Å²) in [5.74, 6) is -0.552. The average molecular weight is 1070 g/mol. The van der Waals surface area contributed by atoms with Crippen LogP contribution in [0.4, 0.5) is 0 Å². The van der Waals surface area contributed by atoms with E-state index in [-0.39, 0.29) is 46.2 Å². The molecule has 0 spiro atoms. The van der Waals surface area contributed by atoms with Gasteiger partial charge >= 0.3 is 5.97 Å². The van der Waals surface area contributed by atoms with E-state index in [1.54, 1.807) is 0 Å². The molecule has 2 aliphatic rings. The Morgan fingerprint density at radius 1 is 0.449 bits per heavy atom. The minimum Gasteiger partial charge on any atom is -0.457 e. The third-order valence-electron chi connectivity index (χ3n) is 14.2. The molecule has 0 amide bonds. The van der Waals surface area contributed by atoms with Crippen molar-refractivity contribution in [3.63, 3.8) is 0 Å². The van der Waals surface area contributed by atoms with E-state index in [2.05, 4.69) is 45.0 Å². The Morgan fingerprint density at radius 3 is 1.24 bits per heavy atom. The summed E-state index contributed by atoms with van der Waals surface area (Å²) in [7, 11) is -3.22. The van der Waals surface area contributed by atoms with E-state index in [1.807, 2.05) is 188 Å². The van der Waals surface area contributed by atoms with Crippen molar-refractivity contribution < 1.29 is 57.0 Å². The topological polar surface area (TPSA) is 130 Å². The van der Waals surface area contributed by atoms with Crippen molar-refractivity contribution in [3.05, 3.63) is 240 Å². The van der Waals surface area contributed by atoms with E-state index in [0.29, 0.717) is 0 Å². The fraction of sp³-hybridized carbons (Fsp3) is 0.338. The van der Waals surface area contributed by atoms with E-state index >= 15 is 0 Å². The Hall–Kier alpha value is -6.17. The summed E-state index contributed by atoms with van der Waals surface area (Å²) in [4.78, 5) is 13.7. The van der Waals surface area contributed by atoms with Crippen LogP contribution in [0.25, 0.3) is 0 Å². The van der Waals surface area contributed by atoms with Gasteiger partial charge in [-0.15, -0.1) is 0 Å². The summed E-state index contributed by atoms with van der Waals surface area (Å²) < 4.78 is 69.4. The number of hydrogen-bond donors (Lipinski definition) is 1. The van der Waals surface area contributed by atoms with Crippen molar-refractivity contribution in [2.75, 3.05) is 13.2 Å². The van der Waals surface area contributed by atoms with Gasteiger partial charge in [0.25, 0.3) is 8.32 Å². The van der Waals surface area contributed by atoms with Crippen LogP contribution in [0.15, 0.2) is 212 Å². The molecule has 2 saturated heterocycles. The molecular weight excluding hydrogens is 1000 g/mol. The number of ether oxygens (including phenoxy) is 9. The fourth-order valence-electron chi connectivity index (χ4n) is 10.4. The van der Waals surface area contributed by atoms with E-state index < -0.39 is 80.7 Å². The van der Waals surface area contributed by atoms with Gasteiger partial charge in [0.2, 0.25) is 0 Å². The highest BCUT2D eigenvalue weighted by molar-refractivity contribution is 6.99. The van der Waals surface area contributed by atoms with Gasteiger partial charge in [-0.3, -0.25) is 4.79 Å². The van der Waals surface area contributed by atoms with Crippen molar-refractivity contribution in [2.24, 2.45) is 0 Å². The van der Waals surface area contributed by atoms with Crippen molar-refractivity contribution in [2.45, 2.75) is 127 Å². The second kappa shape index (κ2) is 27.6. The predicted molar refractivity (Wildman–Crippen MR) is 300 cm³/mol. The molecule has 1 N–H and O–H groups in total. The number of aliphatic hydroxyl groups excluding tert-OH is 1. The number of rotatable bonds is 24. The molecule has 0 radical (unpaired) electrons. The zero-order valence-electron chi connectivity index (χ0n) is 44.9. The lowest BCUT2D eigenvalue weighted by atomic mass is 9.96. The van der Waals surface area contributed by atoms with E-state index in [0.717, 1.165) is 38.2 Å². The molecule has 13 heteroatoms. The standard InChI is InChI=1S/C65H72O12Si/c1-47(66)74-60-57(69-41-49-28-14-6-15-29-49)56(46-73-78(65(2,3)4,53-36-22-10-23-37-53)54-38-24-11-25-39-54)76-64(62(60)72-44-52-34-20-9-21-35-52)77-58-55(45-68-40-48-26-12-5-13-27-48)75-63(67)61(71-43-51-32-18-8-19-33-51)59(58)70-42-50-30-16-7-17-31-50/h5-39,55-64,67H,40-46H2,1-4H3/t55-,56-,57+,58-,59+,60+,61-,62-,63+,64+/m1/s1. The molecule has 408 valence electrons. The highest BCUT2D eigenvalue weighted by Crippen LogP contribution is 2.40. The van der Waals surface area contributed by atoms with Gasteiger partial charge in [0, 0.05) is 6.92 Å². The van der Waals surface area contributed by atoms with Gasteiger partial charge in [0.15, 0.2) is 18.7 Å². The summed E-state index contributed by atoms with van der Waals surface area (Å²) in [6.45, 7) is 8.79. The molecule has 78 heavy (non-hydrogen) atoms. The Labute approximate surface area is 460 Å². The van der Waals surface area contributed by atoms with Crippen LogP contribution >= 0.6 is 0 Å². The molecule has 2 fully saturated rings. The molecular formula is C65H72O12Si. The van der Waals surface area contributed by atoms with Crippen molar-refractivity contribution in [1.82, 2.24) is 0 Å². The van der Waals surface area contributed by atoms with Crippen molar-refractivity contribution >= 4 is 24.7 Å². The predicted octanol–water partition coefficient (Wildman–Crippen LogP) is 9.88. The number of hydrogen-bond acceptors (Lipinski definition) is 12.